The molecule has 0 radical (unpaired) electrons. The van der Waals surface area contributed by atoms with E-state index in [9.17, 15) is 53.4 Å². The monoisotopic (exact) mass is 1120 g/mol. The van der Waals surface area contributed by atoms with Gasteiger partial charge in [-0.25, -0.2) is 4.79 Å². The van der Waals surface area contributed by atoms with Crippen LogP contribution in [-0.4, -0.2) is 130 Å². The zero-order valence-corrected chi connectivity index (χ0v) is 47.8. The molecule has 0 aliphatic carbocycles. The lowest BCUT2D eigenvalue weighted by molar-refractivity contribution is -0.157. The van der Waals surface area contributed by atoms with Gasteiger partial charge in [0.25, 0.3) is 0 Å². The van der Waals surface area contributed by atoms with Gasteiger partial charge in [-0.3, -0.25) is 38.4 Å². The smallest absolute Gasteiger partial charge is 0.326 e. The maximum absolute atomic E-state index is 14.0. The highest BCUT2D eigenvalue weighted by Crippen LogP contribution is 2.17. The number of carboxylic acids is 3. The third-order valence-electron chi connectivity index (χ3n) is 13.1. The van der Waals surface area contributed by atoms with Crippen LogP contribution in [0.25, 0.3) is 0 Å². The SMILES string of the molecule is [2H]N(CC(=O)N[C@@H](CCC(=O)O)C(=O)O)C(=O)[C@@H](CCC(=O)O)NC(=O)C(CSC[C@@H](COC(=O)CCCCCCCCCCCCCCC)OC(=O)CCCCCCCCCCCCCCC)NC(=O)[C@@H](N)CCCCN. The van der Waals surface area contributed by atoms with Crippen LogP contribution in [0.15, 0.2) is 0 Å². The summed E-state index contributed by atoms with van der Waals surface area (Å²) in [5, 5.41) is 35.0. The molecule has 21 heteroatoms. The normalized spacial score (nSPS) is 13.3. The molecule has 0 spiro atoms. The minimum absolute atomic E-state index is 0.0132. The molecule has 0 saturated heterocycles. The van der Waals surface area contributed by atoms with Crippen LogP contribution in [0.3, 0.4) is 0 Å². The van der Waals surface area contributed by atoms with Crippen molar-refractivity contribution in [2.45, 2.75) is 269 Å². The number of hydrogen-bond acceptors (Lipinski definition) is 14. The molecule has 0 aliphatic heterocycles. The number of hydrogen-bond donors (Lipinski definition) is 9. The summed E-state index contributed by atoms with van der Waals surface area (Å²) < 4.78 is 19.7. The Morgan fingerprint density at radius 3 is 1.39 bits per heavy atom. The van der Waals surface area contributed by atoms with Crippen molar-refractivity contribution >= 4 is 65.2 Å². The summed E-state index contributed by atoms with van der Waals surface area (Å²) in [6.07, 6.45) is 28.3. The molecule has 1 unspecified atom stereocenters. The zero-order valence-electron chi connectivity index (χ0n) is 48.0. The average Bonchev–Trinajstić information content (AvgIpc) is 3.39. The molecular weight excluding hydrogens is 1010 g/mol. The number of thioether (sulfide) groups is 1. The number of rotatable bonds is 54. The fourth-order valence-electron chi connectivity index (χ4n) is 8.43. The fourth-order valence-corrected chi connectivity index (χ4v) is 9.47. The lowest BCUT2D eigenvalue weighted by atomic mass is 10.0. The molecule has 0 saturated carbocycles. The topological polar surface area (TPSA) is 333 Å². The summed E-state index contributed by atoms with van der Waals surface area (Å²) in [4.78, 5) is 114. The number of carbonyl (C=O) groups is 9. The standard InChI is InChI=1S/C56H102N6O14S/c1-3-5-7-9-11-13-15-17-19-21-23-25-27-32-51(68)75-40-43(76-52(69)33-28-26-24-22-20-18-16-14-12-10-8-6-4-2)41-77-42-47(62-53(70)44(58)31-29-30-38-57)55(72)61-45(34-36-49(64)65)54(71)59-39-48(63)60-46(56(73)74)35-37-50(66)67/h43-47H,3-42,57-58H2,1-2H3,(H,59,71)(H,60,63)(H,61,72)(H,62,70)(H,64,65)(H,66,67)(H,73,74)/t43-,44+,45-,46+,47?/m1/s1/i/hD. The molecule has 446 valence electrons. The van der Waals surface area contributed by atoms with E-state index in [1.807, 2.05) is 5.32 Å². The minimum atomic E-state index is -1.73. The molecule has 0 fully saturated rings. The molecule has 0 aromatic rings. The summed E-state index contributed by atoms with van der Waals surface area (Å²) in [5.41, 5.74) is 11.8. The van der Waals surface area contributed by atoms with Gasteiger partial charge >= 0.3 is 29.8 Å². The number of ether oxygens (including phenoxy) is 2. The predicted octanol–water partition coefficient (Wildman–Crippen LogP) is 7.98. The summed E-state index contributed by atoms with van der Waals surface area (Å²) >= 11 is 1.07. The van der Waals surface area contributed by atoms with Gasteiger partial charge in [0.05, 0.1) is 12.6 Å². The van der Waals surface area contributed by atoms with Gasteiger partial charge in [0, 0.05) is 37.2 Å². The lowest BCUT2D eigenvalue weighted by Crippen LogP contribution is -2.57. The largest absolute Gasteiger partial charge is 0.481 e. The Bertz CT molecular complexity index is 1680. The van der Waals surface area contributed by atoms with Gasteiger partial charge in [-0.2, -0.15) is 11.8 Å². The van der Waals surface area contributed by atoms with Gasteiger partial charge < -0.3 is 57.5 Å². The van der Waals surface area contributed by atoms with Crippen molar-refractivity contribution in [2.24, 2.45) is 11.5 Å². The molecule has 0 heterocycles. The molecule has 20 nitrogen and oxygen atoms in total. The van der Waals surface area contributed by atoms with Crippen LogP contribution < -0.4 is 32.7 Å². The molecule has 4 amide bonds. The highest BCUT2D eigenvalue weighted by atomic mass is 32.2. The van der Waals surface area contributed by atoms with Crippen molar-refractivity contribution < 1.29 is 69.4 Å². The number of carbonyl (C=O) groups excluding carboxylic acids is 6. The Morgan fingerprint density at radius 2 is 0.935 bits per heavy atom. The van der Waals surface area contributed by atoms with E-state index >= 15 is 0 Å². The van der Waals surface area contributed by atoms with Crippen molar-refractivity contribution in [1.29, 1.82) is 0 Å². The first-order valence-electron chi connectivity index (χ1n) is 29.6. The maximum atomic E-state index is 14.0. The van der Waals surface area contributed by atoms with Crippen molar-refractivity contribution in [2.75, 3.05) is 31.2 Å². The third-order valence-corrected chi connectivity index (χ3v) is 14.3. The maximum Gasteiger partial charge on any atom is 0.326 e. The molecule has 5 atom stereocenters. The van der Waals surface area contributed by atoms with E-state index in [0.29, 0.717) is 32.2 Å². The number of nitrogens with two attached hydrogens (primary N) is 2. The second-order valence-electron chi connectivity index (χ2n) is 20.3. The van der Waals surface area contributed by atoms with Gasteiger partial charge in [-0.1, -0.05) is 174 Å². The first kappa shape index (κ1) is 70.5. The van der Waals surface area contributed by atoms with Crippen molar-refractivity contribution in [3.63, 3.8) is 0 Å². The molecular formula is C56H102N6O14S. The number of aliphatic carboxylic acids is 3. The number of unbranched alkanes of at least 4 members (excludes halogenated alkanes) is 25. The van der Waals surface area contributed by atoms with Crippen molar-refractivity contribution in [3.05, 3.63) is 0 Å². The van der Waals surface area contributed by atoms with Gasteiger partial charge in [0.2, 0.25) is 23.6 Å². The Hall–Kier alpha value is -4.50. The highest BCUT2D eigenvalue weighted by Gasteiger charge is 2.30. The molecule has 0 rings (SSSR count). The second-order valence-corrected chi connectivity index (χ2v) is 21.4. The molecule has 0 bridgehead atoms. The van der Waals surface area contributed by atoms with E-state index < -0.39 is 116 Å². The van der Waals surface area contributed by atoms with Crippen LogP contribution in [0, 0.1) is 0 Å². The van der Waals surface area contributed by atoms with Crippen LogP contribution >= 0.6 is 11.8 Å². The van der Waals surface area contributed by atoms with Crippen LogP contribution in [-0.2, 0) is 52.6 Å². The van der Waals surface area contributed by atoms with E-state index in [1.165, 1.54) is 109 Å². The summed E-state index contributed by atoms with van der Waals surface area (Å²) in [7, 11) is 0. The fraction of sp³-hybridized carbons (Fsp3) is 0.839. The number of amides is 4. The molecule has 11 N–H and O–H groups in total. The van der Waals surface area contributed by atoms with E-state index in [0.717, 1.165) is 56.7 Å². The summed E-state index contributed by atoms with van der Waals surface area (Å²) in [5.74, 6) is -9.43. The van der Waals surface area contributed by atoms with Gasteiger partial charge in [0.1, 0.15) is 30.8 Å². The van der Waals surface area contributed by atoms with Crippen LogP contribution in [0.2, 0.25) is 1.41 Å². The van der Waals surface area contributed by atoms with E-state index in [2.05, 4.69) is 24.5 Å². The highest BCUT2D eigenvalue weighted by molar-refractivity contribution is 7.99. The van der Waals surface area contributed by atoms with E-state index in [1.54, 1.807) is 0 Å². The number of carboxylic acid groups (broad SMARTS) is 3. The summed E-state index contributed by atoms with van der Waals surface area (Å²) in [6, 6.07) is -5.88. The Labute approximate surface area is 465 Å². The Kier molecular flexibility index (Phi) is 45.6. The number of nitrogens with one attached hydrogen (secondary N) is 4. The predicted molar refractivity (Wildman–Crippen MR) is 300 cm³/mol. The van der Waals surface area contributed by atoms with Gasteiger partial charge in [-0.05, 0) is 45.1 Å². The van der Waals surface area contributed by atoms with Crippen LogP contribution in [0.5, 0.6) is 0 Å². The Morgan fingerprint density at radius 1 is 0.494 bits per heavy atom. The lowest BCUT2D eigenvalue weighted by Gasteiger charge is -2.25. The van der Waals surface area contributed by atoms with Crippen molar-refractivity contribution in [3.8, 4) is 0 Å². The molecule has 0 aliphatic rings. The average molecular weight is 1120 g/mol. The third kappa shape index (κ3) is 44.1. The number of esters is 2. The second kappa shape index (κ2) is 49.8. The molecule has 0 aromatic carbocycles. The van der Waals surface area contributed by atoms with E-state index in [-0.39, 0.29) is 42.7 Å². The van der Waals surface area contributed by atoms with Crippen LogP contribution in [0.1, 0.15) is 239 Å². The first-order valence-corrected chi connectivity index (χ1v) is 30.4. The van der Waals surface area contributed by atoms with Gasteiger partial charge in [-0.15, -0.1) is 0 Å². The minimum Gasteiger partial charge on any atom is -0.481 e. The van der Waals surface area contributed by atoms with Crippen molar-refractivity contribution in [1.82, 2.24) is 21.3 Å². The quantitative estimate of drug-likeness (QED) is 0.0206. The summed E-state index contributed by atoms with van der Waals surface area (Å²) in [6.45, 7) is 3.48. The van der Waals surface area contributed by atoms with Gasteiger partial charge in [0.15, 0.2) is 1.41 Å². The first-order chi connectivity index (χ1) is 37.4. The molecule has 0 aromatic heterocycles. The molecule has 77 heavy (non-hydrogen) atoms. The van der Waals surface area contributed by atoms with Crippen LogP contribution in [0.4, 0.5) is 0 Å². The zero-order chi connectivity index (χ0) is 58.2. The van der Waals surface area contributed by atoms with E-state index in [4.69, 9.17) is 27.5 Å². The Balaban J connectivity index is 5.95.